The lowest BCUT2D eigenvalue weighted by molar-refractivity contribution is -0.120. The minimum absolute atomic E-state index is 0.199. The summed E-state index contributed by atoms with van der Waals surface area (Å²) >= 11 is 0. The molecule has 1 aromatic carbocycles. The first-order chi connectivity index (χ1) is 9.94. The molecule has 1 heterocycles. The molecule has 6 heteroatoms. The van der Waals surface area contributed by atoms with Crippen molar-refractivity contribution in [3.63, 3.8) is 0 Å². The number of carbonyl (C=O) groups is 1. The van der Waals surface area contributed by atoms with Gasteiger partial charge in [0, 0.05) is 11.3 Å². The van der Waals surface area contributed by atoms with Crippen LogP contribution in [0.5, 0.6) is 0 Å². The highest BCUT2D eigenvalue weighted by Gasteiger charge is 2.27. The summed E-state index contributed by atoms with van der Waals surface area (Å²) in [6, 6.07) is 5.57. The number of nitrogens with zero attached hydrogens (tertiary/aromatic N) is 2. The van der Waals surface area contributed by atoms with Crippen molar-refractivity contribution in [2.24, 2.45) is 5.73 Å². The summed E-state index contributed by atoms with van der Waals surface area (Å²) < 4.78 is 5.17. The molecular weight excluding hydrogens is 268 g/mol. The Morgan fingerprint density at radius 3 is 2.86 bits per heavy atom. The van der Waals surface area contributed by atoms with Gasteiger partial charge in [0.05, 0.1) is 5.54 Å². The first-order valence-electron chi connectivity index (χ1n) is 6.91. The number of hydrogen-bond acceptors (Lipinski definition) is 5. The molecule has 1 amide bonds. The molecule has 0 aliphatic rings. The van der Waals surface area contributed by atoms with Crippen LogP contribution in [0, 0.1) is 6.92 Å². The van der Waals surface area contributed by atoms with Crippen molar-refractivity contribution in [3.05, 3.63) is 30.2 Å². The molecule has 21 heavy (non-hydrogen) atoms. The Bertz CT molecular complexity index is 621. The molecule has 0 spiro atoms. The van der Waals surface area contributed by atoms with Crippen LogP contribution in [0.4, 0.5) is 5.69 Å². The van der Waals surface area contributed by atoms with Crippen molar-refractivity contribution in [2.45, 2.75) is 39.2 Å². The molecule has 3 N–H and O–H groups in total. The van der Waals surface area contributed by atoms with Gasteiger partial charge in [0.25, 0.3) is 0 Å². The van der Waals surface area contributed by atoms with Gasteiger partial charge in [0.1, 0.15) is 0 Å². The second-order valence-electron chi connectivity index (χ2n) is 5.40. The number of nitrogens with one attached hydrogen (secondary N) is 1. The van der Waals surface area contributed by atoms with Gasteiger partial charge in [-0.25, -0.2) is 0 Å². The Labute approximate surface area is 123 Å². The number of carbonyl (C=O) groups excluding carboxylic acids is 1. The topological polar surface area (TPSA) is 94.0 Å². The number of aryl methyl sites for hydroxylation is 1. The number of anilines is 1. The van der Waals surface area contributed by atoms with Gasteiger partial charge in [-0.05, 0) is 38.0 Å². The smallest absolute Gasteiger partial charge is 0.247 e. The number of hydrogen-bond donors (Lipinski definition) is 2. The minimum atomic E-state index is -0.887. The predicted molar refractivity (Wildman–Crippen MR) is 80.6 cm³/mol. The summed E-state index contributed by atoms with van der Waals surface area (Å²) in [5, 5.41) is 10.4. The average molecular weight is 288 g/mol. The lowest BCUT2D eigenvalue weighted by Crippen LogP contribution is -2.48. The van der Waals surface area contributed by atoms with E-state index in [-0.39, 0.29) is 5.91 Å². The zero-order valence-electron chi connectivity index (χ0n) is 12.5. The second kappa shape index (κ2) is 6.05. The maximum absolute atomic E-state index is 12.3. The van der Waals surface area contributed by atoms with Crippen molar-refractivity contribution in [1.82, 2.24) is 10.2 Å². The molecule has 6 nitrogen and oxygen atoms in total. The highest BCUT2D eigenvalue weighted by atomic mass is 16.4. The second-order valence-corrected chi connectivity index (χ2v) is 5.40. The van der Waals surface area contributed by atoms with Crippen LogP contribution in [0.2, 0.25) is 0 Å². The van der Waals surface area contributed by atoms with Crippen molar-refractivity contribution in [2.75, 3.05) is 5.32 Å². The Hall–Kier alpha value is -2.21. The van der Waals surface area contributed by atoms with E-state index in [0.717, 1.165) is 17.5 Å². The molecule has 1 unspecified atom stereocenters. The predicted octanol–water partition coefficient (Wildman–Crippen LogP) is 2.50. The molecule has 0 fully saturated rings. The van der Waals surface area contributed by atoms with Crippen LogP contribution >= 0.6 is 0 Å². The monoisotopic (exact) mass is 288 g/mol. The van der Waals surface area contributed by atoms with Gasteiger partial charge in [-0.15, -0.1) is 10.2 Å². The maximum atomic E-state index is 12.3. The van der Waals surface area contributed by atoms with Crippen molar-refractivity contribution in [3.8, 4) is 11.5 Å². The standard InChI is InChI=1S/C15H20N4O2/c1-4-7-15(3,16)14(20)18-12-8-11(6-5-10(12)2)13-19-17-9-21-13/h5-6,8-9H,4,7,16H2,1-3H3,(H,18,20). The summed E-state index contributed by atoms with van der Waals surface area (Å²) in [5.74, 6) is 0.213. The summed E-state index contributed by atoms with van der Waals surface area (Å²) in [6.45, 7) is 5.66. The fourth-order valence-corrected chi connectivity index (χ4v) is 2.09. The number of amides is 1. The number of benzene rings is 1. The van der Waals surface area contributed by atoms with Crippen molar-refractivity contribution >= 4 is 11.6 Å². The largest absolute Gasteiger partial charge is 0.423 e. The molecule has 2 rings (SSSR count). The van der Waals surface area contributed by atoms with Crippen LogP contribution < -0.4 is 11.1 Å². The molecule has 0 aliphatic carbocycles. The van der Waals surface area contributed by atoms with Crippen LogP contribution in [0.1, 0.15) is 32.3 Å². The Kier molecular flexibility index (Phi) is 4.37. The molecular formula is C15H20N4O2. The summed E-state index contributed by atoms with van der Waals surface area (Å²) in [7, 11) is 0. The highest BCUT2D eigenvalue weighted by Crippen LogP contribution is 2.24. The molecule has 2 aromatic rings. The third-order valence-corrected chi connectivity index (χ3v) is 3.38. The fourth-order valence-electron chi connectivity index (χ4n) is 2.09. The first kappa shape index (κ1) is 15.2. The van der Waals surface area contributed by atoms with Gasteiger partial charge in [-0.1, -0.05) is 19.4 Å². The van der Waals surface area contributed by atoms with Gasteiger partial charge >= 0.3 is 0 Å². The van der Waals surface area contributed by atoms with E-state index in [0.29, 0.717) is 18.0 Å². The van der Waals surface area contributed by atoms with E-state index in [2.05, 4.69) is 15.5 Å². The zero-order chi connectivity index (χ0) is 15.5. The molecule has 0 saturated carbocycles. The van der Waals surface area contributed by atoms with Gasteiger partial charge in [0.2, 0.25) is 18.2 Å². The molecule has 0 aliphatic heterocycles. The summed E-state index contributed by atoms with van der Waals surface area (Å²) in [5.41, 5.74) is 7.55. The van der Waals surface area contributed by atoms with Crippen molar-refractivity contribution in [1.29, 1.82) is 0 Å². The quantitative estimate of drug-likeness (QED) is 0.881. The van der Waals surface area contributed by atoms with Crippen LogP contribution in [0.15, 0.2) is 29.0 Å². The molecule has 0 bridgehead atoms. The van der Waals surface area contributed by atoms with Crippen LogP contribution in [0.25, 0.3) is 11.5 Å². The lowest BCUT2D eigenvalue weighted by atomic mass is 9.96. The zero-order valence-corrected chi connectivity index (χ0v) is 12.5. The van der Waals surface area contributed by atoms with Gasteiger partial charge in [-0.3, -0.25) is 4.79 Å². The number of aromatic nitrogens is 2. The van der Waals surface area contributed by atoms with Crippen LogP contribution in [-0.4, -0.2) is 21.6 Å². The normalized spacial score (nSPS) is 13.7. The summed E-state index contributed by atoms with van der Waals surface area (Å²) in [6.07, 6.45) is 2.74. The van der Waals surface area contributed by atoms with E-state index in [4.69, 9.17) is 10.2 Å². The van der Waals surface area contributed by atoms with Gasteiger partial charge in [0.15, 0.2) is 0 Å². The minimum Gasteiger partial charge on any atom is -0.423 e. The molecule has 0 saturated heterocycles. The third-order valence-electron chi connectivity index (χ3n) is 3.38. The van der Waals surface area contributed by atoms with Crippen LogP contribution in [0.3, 0.4) is 0 Å². The fraction of sp³-hybridized carbons (Fsp3) is 0.400. The molecule has 0 radical (unpaired) electrons. The summed E-state index contributed by atoms with van der Waals surface area (Å²) in [4.78, 5) is 12.3. The van der Waals surface area contributed by atoms with Gasteiger partial charge < -0.3 is 15.5 Å². The maximum Gasteiger partial charge on any atom is 0.247 e. The van der Waals surface area contributed by atoms with E-state index >= 15 is 0 Å². The lowest BCUT2D eigenvalue weighted by Gasteiger charge is -2.23. The van der Waals surface area contributed by atoms with Crippen LogP contribution in [-0.2, 0) is 4.79 Å². The SMILES string of the molecule is CCCC(C)(N)C(=O)Nc1cc(-c2nnco2)ccc1C. The number of nitrogens with two attached hydrogens (primary N) is 1. The molecule has 1 atom stereocenters. The third kappa shape index (κ3) is 3.46. The Balaban J connectivity index is 2.24. The molecule has 1 aromatic heterocycles. The van der Waals surface area contributed by atoms with E-state index in [1.54, 1.807) is 6.92 Å². The molecule has 112 valence electrons. The number of rotatable bonds is 5. The van der Waals surface area contributed by atoms with Gasteiger partial charge in [-0.2, -0.15) is 0 Å². The Morgan fingerprint density at radius 2 is 2.24 bits per heavy atom. The van der Waals surface area contributed by atoms with E-state index in [1.807, 2.05) is 32.0 Å². The van der Waals surface area contributed by atoms with E-state index in [1.165, 1.54) is 6.39 Å². The van der Waals surface area contributed by atoms with E-state index in [9.17, 15) is 4.79 Å². The Morgan fingerprint density at radius 1 is 1.48 bits per heavy atom. The first-order valence-corrected chi connectivity index (χ1v) is 6.91. The van der Waals surface area contributed by atoms with Crippen molar-refractivity contribution < 1.29 is 9.21 Å². The average Bonchev–Trinajstić information content (AvgIpc) is 2.95. The highest BCUT2D eigenvalue weighted by molar-refractivity contribution is 5.98. The van der Waals surface area contributed by atoms with E-state index < -0.39 is 5.54 Å².